The van der Waals surface area contributed by atoms with Crippen LogP contribution in [0, 0.1) is 0 Å². The zero-order valence-electron chi connectivity index (χ0n) is 13.1. The van der Waals surface area contributed by atoms with Crippen molar-refractivity contribution in [2.24, 2.45) is 0 Å². The van der Waals surface area contributed by atoms with E-state index in [-0.39, 0.29) is 11.9 Å². The van der Waals surface area contributed by atoms with Gasteiger partial charge in [-0.1, -0.05) is 6.07 Å². The molecule has 2 N–H and O–H groups in total. The smallest absolute Gasteiger partial charge is 0.321 e. The predicted molar refractivity (Wildman–Crippen MR) is 86.8 cm³/mol. The van der Waals surface area contributed by atoms with Crippen molar-refractivity contribution in [3.8, 4) is 0 Å². The van der Waals surface area contributed by atoms with Crippen molar-refractivity contribution in [2.45, 2.75) is 0 Å². The minimum absolute atomic E-state index is 0.111. The molecule has 2 aliphatic rings. The van der Waals surface area contributed by atoms with Crippen LogP contribution in [0.15, 0.2) is 24.3 Å². The monoisotopic (exact) mass is 318 g/mol. The summed E-state index contributed by atoms with van der Waals surface area (Å²) in [5, 5.41) is 5.69. The fourth-order valence-corrected chi connectivity index (χ4v) is 2.79. The van der Waals surface area contributed by atoms with Gasteiger partial charge in [-0.2, -0.15) is 0 Å². The van der Waals surface area contributed by atoms with Crippen molar-refractivity contribution in [3.05, 3.63) is 29.8 Å². The molecule has 7 heteroatoms. The summed E-state index contributed by atoms with van der Waals surface area (Å²) in [4.78, 5) is 27.9. The van der Waals surface area contributed by atoms with Crippen LogP contribution in [0.5, 0.6) is 0 Å². The molecule has 0 spiro atoms. The van der Waals surface area contributed by atoms with E-state index in [1.165, 1.54) is 0 Å². The van der Waals surface area contributed by atoms with E-state index in [0.29, 0.717) is 25.2 Å². The molecule has 2 fully saturated rings. The summed E-state index contributed by atoms with van der Waals surface area (Å²) in [6.07, 6.45) is 0. The first kappa shape index (κ1) is 15.8. The fourth-order valence-electron chi connectivity index (χ4n) is 2.79. The normalized spacial score (nSPS) is 18.8. The summed E-state index contributed by atoms with van der Waals surface area (Å²) in [5.41, 5.74) is 1.32. The minimum atomic E-state index is -0.116. The van der Waals surface area contributed by atoms with Gasteiger partial charge in [0.15, 0.2) is 0 Å². The van der Waals surface area contributed by atoms with Crippen LogP contribution in [0.2, 0.25) is 0 Å². The maximum atomic E-state index is 12.3. The Bertz CT molecular complexity index is 572. The number of hydrogen-bond acceptors (Lipinski definition) is 4. The van der Waals surface area contributed by atoms with Gasteiger partial charge in [0.05, 0.1) is 13.2 Å². The van der Waals surface area contributed by atoms with Gasteiger partial charge in [-0.25, -0.2) is 4.79 Å². The highest BCUT2D eigenvalue weighted by atomic mass is 16.5. The maximum absolute atomic E-state index is 12.3. The SMILES string of the molecule is O=C(NCCN1CCOCC1)c1cccc(N2CCNC2=O)c1. The predicted octanol–water partition coefficient (Wildman–Crippen LogP) is 0.278. The molecule has 1 aromatic rings. The van der Waals surface area contributed by atoms with E-state index in [1.54, 1.807) is 23.1 Å². The van der Waals surface area contributed by atoms with Crippen molar-refractivity contribution in [2.75, 3.05) is 57.4 Å². The second kappa shape index (κ2) is 7.43. The number of nitrogens with one attached hydrogen (secondary N) is 2. The molecule has 0 radical (unpaired) electrons. The molecule has 0 unspecified atom stereocenters. The van der Waals surface area contributed by atoms with Crippen molar-refractivity contribution in [1.82, 2.24) is 15.5 Å². The van der Waals surface area contributed by atoms with Gasteiger partial charge in [-0.3, -0.25) is 14.6 Å². The number of carbonyl (C=O) groups is 2. The van der Waals surface area contributed by atoms with Gasteiger partial charge in [0.25, 0.3) is 5.91 Å². The van der Waals surface area contributed by atoms with Crippen LogP contribution in [-0.4, -0.2) is 69.3 Å². The number of anilines is 1. The number of amides is 3. The van der Waals surface area contributed by atoms with Crippen molar-refractivity contribution < 1.29 is 14.3 Å². The molecular formula is C16H22N4O3. The van der Waals surface area contributed by atoms with E-state index in [4.69, 9.17) is 4.74 Å². The summed E-state index contributed by atoms with van der Waals surface area (Å²) in [5.74, 6) is -0.111. The third-order valence-corrected chi connectivity index (χ3v) is 4.09. The molecule has 1 aromatic carbocycles. The Kier molecular flexibility index (Phi) is 5.09. The molecule has 0 atom stereocenters. The van der Waals surface area contributed by atoms with E-state index in [9.17, 15) is 9.59 Å². The summed E-state index contributed by atoms with van der Waals surface area (Å²) >= 11 is 0. The number of morpholine rings is 1. The highest BCUT2D eigenvalue weighted by Gasteiger charge is 2.21. The lowest BCUT2D eigenvalue weighted by Gasteiger charge is -2.26. The number of nitrogens with zero attached hydrogens (tertiary/aromatic N) is 2. The van der Waals surface area contributed by atoms with Crippen molar-refractivity contribution in [1.29, 1.82) is 0 Å². The number of urea groups is 1. The van der Waals surface area contributed by atoms with E-state index in [0.717, 1.165) is 38.5 Å². The van der Waals surface area contributed by atoms with Crippen LogP contribution >= 0.6 is 0 Å². The van der Waals surface area contributed by atoms with E-state index in [1.807, 2.05) is 6.07 Å². The van der Waals surface area contributed by atoms with Gasteiger partial charge in [-0.05, 0) is 18.2 Å². The molecule has 124 valence electrons. The quantitative estimate of drug-likeness (QED) is 0.818. The van der Waals surface area contributed by atoms with Crippen LogP contribution in [0.3, 0.4) is 0 Å². The first-order valence-electron chi connectivity index (χ1n) is 7.98. The second-order valence-electron chi connectivity index (χ2n) is 5.64. The van der Waals surface area contributed by atoms with Gasteiger partial charge in [-0.15, -0.1) is 0 Å². The first-order chi connectivity index (χ1) is 11.2. The molecule has 3 rings (SSSR count). The molecule has 0 aromatic heterocycles. The van der Waals surface area contributed by atoms with E-state index in [2.05, 4.69) is 15.5 Å². The molecule has 2 heterocycles. The van der Waals surface area contributed by atoms with Crippen LogP contribution in [0.4, 0.5) is 10.5 Å². The Morgan fingerprint density at radius 3 is 2.83 bits per heavy atom. The highest BCUT2D eigenvalue weighted by molar-refractivity contribution is 5.98. The van der Waals surface area contributed by atoms with Gasteiger partial charge in [0.1, 0.15) is 0 Å². The van der Waals surface area contributed by atoms with Crippen LogP contribution in [0.1, 0.15) is 10.4 Å². The number of ether oxygens (including phenoxy) is 1. The molecule has 23 heavy (non-hydrogen) atoms. The number of benzene rings is 1. The Morgan fingerprint density at radius 1 is 1.26 bits per heavy atom. The molecule has 7 nitrogen and oxygen atoms in total. The van der Waals surface area contributed by atoms with Crippen LogP contribution < -0.4 is 15.5 Å². The molecule has 2 aliphatic heterocycles. The largest absolute Gasteiger partial charge is 0.379 e. The molecule has 0 aliphatic carbocycles. The average Bonchev–Trinajstić information content (AvgIpc) is 3.02. The van der Waals surface area contributed by atoms with Crippen molar-refractivity contribution >= 4 is 17.6 Å². The summed E-state index contributed by atoms with van der Waals surface area (Å²) in [7, 11) is 0. The van der Waals surface area contributed by atoms with Gasteiger partial charge < -0.3 is 15.4 Å². The Balaban J connectivity index is 1.53. The van der Waals surface area contributed by atoms with E-state index < -0.39 is 0 Å². The standard InChI is InChI=1S/C16H22N4O3/c21-15(17-4-6-19-8-10-23-11-9-19)13-2-1-3-14(12-13)20-7-5-18-16(20)22/h1-3,12H,4-11H2,(H,17,21)(H,18,22). The lowest BCUT2D eigenvalue weighted by molar-refractivity contribution is 0.0383. The molecule has 0 saturated carbocycles. The summed E-state index contributed by atoms with van der Waals surface area (Å²) in [6.45, 7) is 6.03. The van der Waals surface area contributed by atoms with Crippen molar-refractivity contribution in [3.63, 3.8) is 0 Å². The maximum Gasteiger partial charge on any atom is 0.321 e. The minimum Gasteiger partial charge on any atom is -0.379 e. The van der Waals surface area contributed by atoms with E-state index >= 15 is 0 Å². The Hall–Kier alpha value is -2.12. The molecule has 2 saturated heterocycles. The summed E-state index contributed by atoms with van der Waals surface area (Å²) < 4.78 is 5.30. The zero-order chi connectivity index (χ0) is 16.1. The fraction of sp³-hybridized carbons (Fsp3) is 0.500. The molecular weight excluding hydrogens is 296 g/mol. The van der Waals surface area contributed by atoms with Gasteiger partial charge in [0.2, 0.25) is 0 Å². The van der Waals surface area contributed by atoms with Gasteiger partial charge in [0, 0.05) is 50.5 Å². The van der Waals surface area contributed by atoms with Gasteiger partial charge >= 0.3 is 6.03 Å². The average molecular weight is 318 g/mol. The first-order valence-corrected chi connectivity index (χ1v) is 7.98. The zero-order valence-corrected chi connectivity index (χ0v) is 13.1. The number of hydrogen-bond donors (Lipinski definition) is 2. The number of carbonyl (C=O) groups excluding carboxylic acids is 2. The van der Waals surface area contributed by atoms with Crippen LogP contribution in [-0.2, 0) is 4.74 Å². The Morgan fingerprint density at radius 2 is 2.09 bits per heavy atom. The Labute approximate surface area is 135 Å². The molecule has 0 bridgehead atoms. The summed E-state index contributed by atoms with van der Waals surface area (Å²) in [6, 6.07) is 7.05. The third kappa shape index (κ3) is 4.00. The lowest BCUT2D eigenvalue weighted by Crippen LogP contribution is -2.41. The number of rotatable bonds is 5. The van der Waals surface area contributed by atoms with Crippen LogP contribution in [0.25, 0.3) is 0 Å². The molecule has 3 amide bonds. The third-order valence-electron chi connectivity index (χ3n) is 4.09. The highest BCUT2D eigenvalue weighted by Crippen LogP contribution is 2.18. The second-order valence-corrected chi connectivity index (χ2v) is 5.64. The topological polar surface area (TPSA) is 73.9 Å². The lowest BCUT2D eigenvalue weighted by atomic mass is 10.1.